The molecule has 0 aromatic heterocycles. The summed E-state index contributed by atoms with van der Waals surface area (Å²) in [5.74, 6) is -0.190. The normalized spacial score (nSPS) is 12.0. The van der Waals surface area contributed by atoms with Gasteiger partial charge in [-0.1, -0.05) is 36.4 Å². The molecule has 31 heavy (non-hydrogen) atoms. The molecule has 0 aliphatic carbocycles. The number of rotatable bonds is 7. The number of sulfonamides is 1. The number of benzene rings is 3. The third-order valence-electron chi connectivity index (χ3n) is 5.37. The molecule has 164 valence electrons. The number of hydrogen-bond donors (Lipinski definition) is 1. The lowest BCUT2D eigenvalue weighted by molar-refractivity contribution is -0.117. The van der Waals surface area contributed by atoms with Crippen LogP contribution in [-0.2, 0) is 21.4 Å². The van der Waals surface area contributed by atoms with Gasteiger partial charge in [0.2, 0.25) is 15.9 Å². The first-order valence-electron chi connectivity index (χ1n) is 10.1. The number of carbonyl (C=O) groups is 1. The quantitative estimate of drug-likeness (QED) is 0.608. The molecule has 0 spiro atoms. The molecule has 1 amide bonds. The van der Waals surface area contributed by atoms with Crippen LogP contribution in [0.3, 0.4) is 0 Å². The SMILES string of the molecule is Cc1cc(S(=O)(=O)N(C)C)cc(NC(=O)CN(C)Cc2ccc3ccccc3c2)c1C. The summed E-state index contributed by atoms with van der Waals surface area (Å²) in [6, 6.07) is 17.6. The van der Waals surface area contributed by atoms with E-state index in [4.69, 9.17) is 0 Å². The molecule has 0 radical (unpaired) electrons. The van der Waals surface area contributed by atoms with E-state index in [0.29, 0.717) is 12.2 Å². The second-order valence-electron chi connectivity index (χ2n) is 8.10. The maximum absolute atomic E-state index is 12.7. The summed E-state index contributed by atoms with van der Waals surface area (Å²) < 4.78 is 26.2. The third-order valence-corrected chi connectivity index (χ3v) is 7.17. The van der Waals surface area contributed by atoms with E-state index in [1.807, 2.05) is 37.9 Å². The van der Waals surface area contributed by atoms with Crippen molar-refractivity contribution >= 4 is 32.4 Å². The standard InChI is InChI=1S/C24H29N3O3S/c1-17-12-22(31(29,30)26(3)4)14-23(18(17)2)25-24(28)16-27(5)15-19-10-11-20-8-6-7-9-21(20)13-19/h6-14H,15-16H2,1-5H3,(H,25,28). The zero-order valence-corrected chi connectivity index (χ0v) is 19.5. The summed E-state index contributed by atoms with van der Waals surface area (Å²) in [6.07, 6.45) is 0. The molecule has 0 fully saturated rings. The van der Waals surface area contributed by atoms with Gasteiger partial charge in [0.15, 0.2) is 0 Å². The maximum Gasteiger partial charge on any atom is 0.242 e. The van der Waals surface area contributed by atoms with Crippen molar-refractivity contribution in [3.63, 3.8) is 0 Å². The van der Waals surface area contributed by atoms with E-state index in [0.717, 1.165) is 16.7 Å². The minimum atomic E-state index is -3.58. The van der Waals surface area contributed by atoms with Crippen LogP contribution in [0, 0.1) is 13.8 Å². The van der Waals surface area contributed by atoms with Crippen molar-refractivity contribution in [2.45, 2.75) is 25.3 Å². The number of anilines is 1. The lowest BCUT2D eigenvalue weighted by Gasteiger charge is -2.19. The lowest BCUT2D eigenvalue weighted by atomic mass is 10.1. The van der Waals surface area contributed by atoms with Crippen molar-refractivity contribution < 1.29 is 13.2 Å². The van der Waals surface area contributed by atoms with E-state index in [2.05, 4.69) is 35.6 Å². The van der Waals surface area contributed by atoms with Crippen molar-refractivity contribution in [1.82, 2.24) is 9.21 Å². The van der Waals surface area contributed by atoms with Gasteiger partial charge in [-0.15, -0.1) is 0 Å². The van der Waals surface area contributed by atoms with E-state index in [1.165, 1.54) is 35.2 Å². The predicted molar refractivity (Wildman–Crippen MR) is 126 cm³/mol. The van der Waals surface area contributed by atoms with Crippen molar-refractivity contribution in [2.75, 3.05) is 33.0 Å². The summed E-state index contributed by atoms with van der Waals surface area (Å²) >= 11 is 0. The first kappa shape index (κ1) is 22.9. The first-order chi connectivity index (χ1) is 14.6. The van der Waals surface area contributed by atoms with Gasteiger partial charge in [0.25, 0.3) is 0 Å². The number of hydrogen-bond acceptors (Lipinski definition) is 4. The molecule has 0 saturated carbocycles. The second-order valence-corrected chi connectivity index (χ2v) is 10.3. The summed E-state index contributed by atoms with van der Waals surface area (Å²) in [5.41, 5.74) is 3.30. The first-order valence-corrected chi connectivity index (χ1v) is 11.5. The molecule has 0 saturated heterocycles. The average Bonchev–Trinajstić information content (AvgIpc) is 2.70. The van der Waals surface area contributed by atoms with E-state index < -0.39 is 10.0 Å². The molecule has 0 heterocycles. The molecular weight excluding hydrogens is 410 g/mol. The number of fused-ring (bicyclic) bond motifs is 1. The maximum atomic E-state index is 12.7. The van der Waals surface area contributed by atoms with E-state index in [-0.39, 0.29) is 17.3 Å². The molecule has 0 aliphatic rings. The average molecular weight is 440 g/mol. The lowest BCUT2D eigenvalue weighted by Crippen LogP contribution is -2.30. The van der Waals surface area contributed by atoms with Crippen LogP contribution in [0.15, 0.2) is 59.5 Å². The Bertz CT molecular complexity index is 1220. The molecule has 0 aliphatic heterocycles. The Kier molecular flexibility index (Phi) is 6.79. The number of aryl methyl sites for hydroxylation is 1. The van der Waals surface area contributed by atoms with Crippen LogP contribution in [0.1, 0.15) is 16.7 Å². The van der Waals surface area contributed by atoms with Crippen LogP contribution in [0.5, 0.6) is 0 Å². The Balaban J connectivity index is 1.71. The van der Waals surface area contributed by atoms with Gasteiger partial charge in [-0.2, -0.15) is 0 Å². The minimum absolute atomic E-state index is 0.167. The molecule has 6 nitrogen and oxygen atoms in total. The molecule has 7 heteroatoms. The smallest absolute Gasteiger partial charge is 0.242 e. The van der Waals surface area contributed by atoms with Crippen LogP contribution in [0.25, 0.3) is 10.8 Å². The second kappa shape index (κ2) is 9.18. The highest BCUT2D eigenvalue weighted by atomic mass is 32.2. The van der Waals surface area contributed by atoms with Gasteiger partial charge in [0.1, 0.15) is 0 Å². The molecule has 3 rings (SSSR count). The Hall–Kier alpha value is -2.74. The van der Waals surface area contributed by atoms with Crippen molar-refractivity contribution in [2.24, 2.45) is 0 Å². The zero-order chi connectivity index (χ0) is 22.8. The molecule has 0 unspecified atom stereocenters. The molecule has 1 N–H and O–H groups in total. The highest BCUT2D eigenvalue weighted by Crippen LogP contribution is 2.25. The molecular formula is C24H29N3O3S. The van der Waals surface area contributed by atoms with Gasteiger partial charge in [0.05, 0.1) is 11.4 Å². The van der Waals surface area contributed by atoms with Gasteiger partial charge in [-0.25, -0.2) is 12.7 Å². The van der Waals surface area contributed by atoms with Gasteiger partial charge in [0, 0.05) is 26.3 Å². The van der Waals surface area contributed by atoms with Gasteiger partial charge >= 0.3 is 0 Å². The number of amides is 1. The summed E-state index contributed by atoms with van der Waals surface area (Å²) in [6.45, 7) is 4.53. The Morgan fingerprint density at radius 2 is 1.61 bits per heavy atom. The van der Waals surface area contributed by atoms with Crippen LogP contribution in [-0.4, -0.2) is 51.2 Å². The fraction of sp³-hybridized carbons (Fsp3) is 0.292. The van der Waals surface area contributed by atoms with Crippen molar-refractivity contribution in [3.05, 3.63) is 71.3 Å². The molecule has 3 aromatic rings. The number of carbonyl (C=O) groups excluding carboxylic acids is 1. The van der Waals surface area contributed by atoms with Gasteiger partial charge < -0.3 is 5.32 Å². The fourth-order valence-electron chi connectivity index (χ4n) is 3.46. The number of nitrogens with zero attached hydrogens (tertiary/aromatic N) is 2. The van der Waals surface area contributed by atoms with E-state index in [9.17, 15) is 13.2 Å². The monoisotopic (exact) mass is 439 g/mol. The van der Waals surface area contributed by atoms with E-state index in [1.54, 1.807) is 6.07 Å². The largest absolute Gasteiger partial charge is 0.325 e. The fourth-order valence-corrected chi connectivity index (χ4v) is 4.47. The van der Waals surface area contributed by atoms with E-state index >= 15 is 0 Å². The van der Waals surface area contributed by atoms with Crippen LogP contribution in [0.4, 0.5) is 5.69 Å². The third kappa shape index (κ3) is 5.31. The van der Waals surface area contributed by atoms with Gasteiger partial charge in [-0.3, -0.25) is 9.69 Å². The van der Waals surface area contributed by atoms with Crippen LogP contribution in [0.2, 0.25) is 0 Å². The van der Waals surface area contributed by atoms with Crippen molar-refractivity contribution in [1.29, 1.82) is 0 Å². The van der Waals surface area contributed by atoms with Crippen molar-refractivity contribution in [3.8, 4) is 0 Å². The molecule has 0 atom stereocenters. The summed E-state index contributed by atoms with van der Waals surface area (Å²) in [4.78, 5) is 14.8. The molecule has 0 bridgehead atoms. The minimum Gasteiger partial charge on any atom is -0.325 e. The summed E-state index contributed by atoms with van der Waals surface area (Å²) in [7, 11) is 1.29. The number of nitrogens with one attached hydrogen (secondary N) is 1. The Labute approximate surface area is 184 Å². The molecule has 3 aromatic carbocycles. The van der Waals surface area contributed by atoms with Crippen LogP contribution >= 0.6 is 0 Å². The predicted octanol–water partition coefficient (Wildman–Crippen LogP) is 3.78. The Morgan fingerprint density at radius 3 is 2.29 bits per heavy atom. The number of likely N-dealkylation sites (N-methyl/N-ethyl adjacent to an activating group) is 1. The van der Waals surface area contributed by atoms with Crippen LogP contribution < -0.4 is 5.32 Å². The highest BCUT2D eigenvalue weighted by molar-refractivity contribution is 7.89. The topological polar surface area (TPSA) is 69.7 Å². The highest BCUT2D eigenvalue weighted by Gasteiger charge is 2.20. The van der Waals surface area contributed by atoms with Gasteiger partial charge in [-0.05, 0) is 66.6 Å². The Morgan fingerprint density at radius 1 is 0.935 bits per heavy atom. The summed E-state index contributed by atoms with van der Waals surface area (Å²) in [5, 5.41) is 5.24. The zero-order valence-electron chi connectivity index (χ0n) is 18.6.